The minimum atomic E-state index is -1.25. The summed E-state index contributed by atoms with van der Waals surface area (Å²) in [5.41, 5.74) is 0. The zero-order valence-electron chi connectivity index (χ0n) is 8.50. The Labute approximate surface area is 87.5 Å². The molecule has 0 aliphatic heterocycles. The maximum Gasteiger partial charge on any atom is 0.217 e. The van der Waals surface area contributed by atoms with Crippen molar-refractivity contribution in [2.24, 2.45) is 5.92 Å². The van der Waals surface area contributed by atoms with Crippen molar-refractivity contribution in [3.05, 3.63) is 0 Å². The van der Waals surface area contributed by atoms with Crippen LogP contribution in [0.1, 0.15) is 13.3 Å². The summed E-state index contributed by atoms with van der Waals surface area (Å²) in [7, 11) is 0. The van der Waals surface area contributed by atoms with E-state index in [-0.39, 0.29) is 18.9 Å². The van der Waals surface area contributed by atoms with Gasteiger partial charge in [0.25, 0.3) is 0 Å². The summed E-state index contributed by atoms with van der Waals surface area (Å²) in [6.07, 6.45) is -3.19. The molecule has 0 aromatic carbocycles. The van der Waals surface area contributed by atoms with Crippen LogP contribution >= 0.6 is 0 Å². The zero-order chi connectivity index (χ0) is 11.6. The third-order valence-corrected chi connectivity index (χ3v) is 2.76. The molecule has 0 bridgehead atoms. The normalized spacial score (nSPS) is 41.3. The zero-order valence-corrected chi connectivity index (χ0v) is 8.50. The van der Waals surface area contributed by atoms with Gasteiger partial charge >= 0.3 is 0 Å². The highest BCUT2D eigenvalue weighted by atomic mass is 16.3. The van der Waals surface area contributed by atoms with E-state index in [4.69, 9.17) is 5.11 Å². The largest absolute Gasteiger partial charge is 0.396 e. The minimum absolute atomic E-state index is 0.152. The van der Waals surface area contributed by atoms with E-state index in [1.807, 2.05) is 0 Å². The fourth-order valence-corrected chi connectivity index (χ4v) is 1.91. The lowest BCUT2D eigenvalue weighted by atomic mass is 9.80. The molecule has 15 heavy (non-hydrogen) atoms. The lowest BCUT2D eigenvalue weighted by molar-refractivity contribution is -0.133. The highest BCUT2D eigenvalue weighted by Crippen LogP contribution is 2.25. The van der Waals surface area contributed by atoms with Gasteiger partial charge in [-0.15, -0.1) is 0 Å². The van der Waals surface area contributed by atoms with Crippen LogP contribution in [0, 0.1) is 5.92 Å². The fourth-order valence-electron chi connectivity index (χ4n) is 1.91. The number of aliphatic hydroxyl groups is 4. The predicted molar refractivity (Wildman–Crippen MR) is 50.8 cm³/mol. The molecule has 1 unspecified atom stereocenters. The number of nitrogens with one attached hydrogen (secondary N) is 1. The summed E-state index contributed by atoms with van der Waals surface area (Å²) >= 11 is 0. The second kappa shape index (κ2) is 4.89. The minimum Gasteiger partial charge on any atom is -0.396 e. The van der Waals surface area contributed by atoms with E-state index in [0.29, 0.717) is 0 Å². The molecule has 0 radical (unpaired) electrons. The molecule has 88 valence electrons. The molecule has 6 heteroatoms. The van der Waals surface area contributed by atoms with E-state index >= 15 is 0 Å². The second-order valence-corrected chi connectivity index (χ2v) is 3.95. The van der Waals surface area contributed by atoms with Crippen LogP contribution in [0.4, 0.5) is 0 Å². The number of hydrogen-bond acceptors (Lipinski definition) is 5. The smallest absolute Gasteiger partial charge is 0.217 e. The van der Waals surface area contributed by atoms with Crippen LogP contribution in [-0.2, 0) is 4.79 Å². The number of carbonyl (C=O) groups excluding carboxylic acids is 1. The van der Waals surface area contributed by atoms with Gasteiger partial charge in [0, 0.05) is 19.4 Å². The Balaban J connectivity index is 2.70. The number of rotatable bonds is 2. The molecular weight excluding hydrogens is 202 g/mol. The molecule has 0 spiro atoms. The van der Waals surface area contributed by atoms with Gasteiger partial charge in [-0.1, -0.05) is 0 Å². The fraction of sp³-hybridized carbons (Fsp3) is 0.889. The third kappa shape index (κ3) is 2.66. The Morgan fingerprint density at radius 3 is 2.40 bits per heavy atom. The van der Waals surface area contributed by atoms with Gasteiger partial charge in [0.15, 0.2) is 0 Å². The van der Waals surface area contributed by atoms with Crippen molar-refractivity contribution in [1.82, 2.24) is 5.32 Å². The SMILES string of the molecule is CC(=O)N[C@H]1C(O)C[C@H](CO)[C@@H](O)[C@@H]1O. The molecule has 0 aromatic heterocycles. The molecule has 1 aliphatic rings. The van der Waals surface area contributed by atoms with Gasteiger partial charge < -0.3 is 25.7 Å². The summed E-state index contributed by atoms with van der Waals surface area (Å²) in [4.78, 5) is 10.8. The predicted octanol–water partition coefficient (Wildman–Crippen LogP) is -2.41. The van der Waals surface area contributed by atoms with Crippen molar-refractivity contribution in [3.8, 4) is 0 Å². The highest BCUT2D eigenvalue weighted by Gasteiger charge is 2.42. The number of carbonyl (C=O) groups is 1. The lowest BCUT2D eigenvalue weighted by Crippen LogP contribution is -2.60. The van der Waals surface area contributed by atoms with Gasteiger partial charge in [-0.05, 0) is 6.42 Å². The number of amides is 1. The first-order valence-electron chi connectivity index (χ1n) is 4.89. The molecular formula is C9H17NO5. The standard InChI is InChI=1S/C9H17NO5/c1-4(12)10-7-6(13)2-5(3-11)8(14)9(7)15/h5-9,11,13-15H,2-3H2,1H3,(H,10,12)/t5-,6?,7+,8-,9-/m1/s1. The van der Waals surface area contributed by atoms with Gasteiger partial charge in [0.1, 0.15) is 6.10 Å². The quantitative estimate of drug-likeness (QED) is 0.355. The van der Waals surface area contributed by atoms with Crippen LogP contribution in [0.15, 0.2) is 0 Å². The molecule has 1 amide bonds. The topological polar surface area (TPSA) is 110 Å². The molecule has 5 atom stereocenters. The third-order valence-electron chi connectivity index (χ3n) is 2.76. The Morgan fingerprint density at radius 2 is 1.93 bits per heavy atom. The summed E-state index contributed by atoms with van der Waals surface area (Å²) in [6.45, 7) is 0.964. The van der Waals surface area contributed by atoms with E-state index in [2.05, 4.69) is 5.32 Å². The van der Waals surface area contributed by atoms with E-state index in [1.54, 1.807) is 0 Å². The average Bonchev–Trinajstić information content (AvgIpc) is 2.18. The highest BCUT2D eigenvalue weighted by molar-refractivity contribution is 5.73. The van der Waals surface area contributed by atoms with Crippen LogP contribution < -0.4 is 5.32 Å². The summed E-state index contributed by atoms with van der Waals surface area (Å²) in [5.74, 6) is -0.937. The molecule has 1 aliphatic carbocycles. The first-order valence-corrected chi connectivity index (χ1v) is 4.89. The lowest BCUT2D eigenvalue weighted by Gasteiger charge is -2.40. The van der Waals surface area contributed by atoms with Gasteiger partial charge in [0.05, 0.1) is 18.2 Å². The molecule has 0 aromatic rings. The summed E-state index contributed by atoms with van der Waals surface area (Å²) < 4.78 is 0. The van der Waals surface area contributed by atoms with Crippen LogP contribution in [0.2, 0.25) is 0 Å². The molecule has 6 nitrogen and oxygen atoms in total. The van der Waals surface area contributed by atoms with Crippen molar-refractivity contribution in [2.75, 3.05) is 6.61 Å². The van der Waals surface area contributed by atoms with Crippen molar-refractivity contribution in [2.45, 2.75) is 37.7 Å². The summed E-state index contributed by atoms with van der Waals surface area (Å²) in [6, 6.07) is -0.875. The molecule has 0 heterocycles. The van der Waals surface area contributed by atoms with Crippen molar-refractivity contribution in [3.63, 3.8) is 0 Å². The first-order chi connectivity index (χ1) is 6.97. The Bertz CT molecular complexity index is 235. The van der Waals surface area contributed by atoms with E-state index in [1.165, 1.54) is 6.92 Å². The van der Waals surface area contributed by atoms with Gasteiger partial charge in [-0.3, -0.25) is 4.79 Å². The van der Waals surface area contributed by atoms with Gasteiger partial charge in [-0.25, -0.2) is 0 Å². The average molecular weight is 219 g/mol. The molecule has 1 rings (SSSR count). The van der Waals surface area contributed by atoms with Crippen molar-refractivity contribution in [1.29, 1.82) is 0 Å². The van der Waals surface area contributed by atoms with E-state index in [9.17, 15) is 20.1 Å². The maximum absolute atomic E-state index is 10.8. The maximum atomic E-state index is 10.8. The monoisotopic (exact) mass is 219 g/mol. The Kier molecular flexibility index (Phi) is 4.04. The van der Waals surface area contributed by atoms with Crippen LogP contribution in [0.25, 0.3) is 0 Å². The molecule has 5 N–H and O–H groups in total. The van der Waals surface area contributed by atoms with Crippen LogP contribution in [-0.4, -0.2) is 57.3 Å². The van der Waals surface area contributed by atoms with E-state index < -0.39 is 30.3 Å². The van der Waals surface area contributed by atoms with Crippen molar-refractivity contribution < 1.29 is 25.2 Å². The van der Waals surface area contributed by atoms with Crippen LogP contribution in [0.5, 0.6) is 0 Å². The number of hydrogen-bond donors (Lipinski definition) is 5. The van der Waals surface area contributed by atoms with Crippen molar-refractivity contribution >= 4 is 5.91 Å². The van der Waals surface area contributed by atoms with E-state index in [0.717, 1.165) is 0 Å². The first kappa shape index (κ1) is 12.4. The van der Waals surface area contributed by atoms with Gasteiger partial charge in [-0.2, -0.15) is 0 Å². The number of aliphatic hydroxyl groups excluding tert-OH is 4. The Morgan fingerprint density at radius 1 is 1.33 bits per heavy atom. The van der Waals surface area contributed by atoms with Gasteiger partial charge in [0.2, 0.25) is 5.91 Å². The molecule has 0 saturated heterocycles. The van der Waals surface area contributed by atoms with Crippen LogP contribution in [0.3, 0.4) is 0 Å². The molecule has 1 saturated carbocycles. The Hall–Kier alpha value is -0.690. The second-order valence-electron chi connectivity index (χ2n) is 3.95. The summed E-state index contributed by atoms with van der Waals surface area (Å²) in [5, 5.41) is 40.1. The molecule has 1 fully saturated rings.